The van der Waals surface area contributed by atoms with Gasteiger partial charge in [0.05, 0.1) is 11.4 Å². The standard InChI is InChI=1S/C18H20N4O2/c1-21(2)9-10-22-15-7-6-13(19)11-16(15)24-17(18(22)23)12-14-5-3-4-8-20-14/h3-8,11-12H,9-10,19H2,1-2H3/b17-12+. The summed E-state index contributed by atoms with van der Waals surface area (Å²) in [6.45, 7) is 1.30. The lowest BCUT2D eigenvalue weighted by Gasteiger charge is -2.31. The molecule has 1 aromatic heterocycles. The van der Waals surface area contributed by atoms with Gasteiger partial charge in [-0.2, -0.15) is 0 Å². The average Bonchev–Trinajstić information content (AvgIpc) is 2.56. The third kappa shape index (κ3) is 3.38. The van der Waals surface area contributed by atoms with Crippen molar-refractivity contribution < 1.29 is 9.53 Å². The predicted octanol–water partition coefficient (Wildman–Crippen LogP) is 1.99. The molecule has 0 unspecified atom stereocenters. The van der Waals surface area contributed by atoms with Gasteiger partial charge in [-0.3, -0.25) is 9.78 Å². The molecule has 24 heavy (non-hydrogen) atoms. The summed E-state index contributed by atoms with van der Waals surface area (Å²) in [5, 5.41) is 0. The zero-order chi connectivity index (χ0) is 17.1. The summed E-state index contributed by atoms with van der Waals surface area (Å²) in [5.74, 6) is 0.640. The Balaban J connectivity index is 1.99. The second-order valence-electron chi connectivity index (χ2n) is 5.85. The highest BCUT2D eigenvalue weighted by Gasteiger charge is 2.30. The first-order valence-corrected chi connectivity index (χ1v) is 7.71. The zero-order valence-corrected chi connectivity index (χ0v) is 13.8. The molecule has 2 aromatic rings. The van der Waals surface area contributed by atoms with E-state index in [4.69, 9.17) is 10.5 Å². The number of fused-ring (bicyclic) bond motifs is 1. The van der Waals surface area contributed by atoms with E-state index in [1.165, 1.54) is 0 Å². The van der Waals surface area contributed by atoms with Gasteiger partial charge >= 0.3 is 0 Å². The van der Waals surface area contributed by atoms with Gasteiger partial charge in [0.1, 0.15) is 0 Å². The highest BCUT2D eigenvalue weighted by molar-refractivity contribution is 6.09. The quantitative estimate of drug-likeness (QED) is 0.688. The average molecular weight is 324 g/mol. The van der Waals surface area contributed by atoms with Crippen molar-refractivity contribution in [3.8, 4) is 5.75 Å². The summed E-state index contributed by atoms with van der Waals surface area (Å²) in [6, 6.07) is 10.8. The van der Waals surface area contributed by atoms with Crippen molar-refractivity contribution >= 4 is 23.4 Å². The van der Waals surface area contributed by atoms with E-state index in [2.05, 4.69) is 4.98 Å². The van der Waals surface area contributed by atoms with E-state index in [1.54, 1.807) is 29.3 Å². The first kappa shape index (κ1) is 16.0. The number of ether oxygens (including phenoxy) is 1. The van der Waals surface area contributed by atoms with Gasteiger partial charge in [-0.05, 0) is 38.4 Å². The Bertz CT molecular complexity index is 772. The number of nitrogen functional groups attached to an aromatic ring is 1. The van der Waals surface area contributed by atoms with Gasteiger partial charge in [0, 0.05) is 37.1 Å². The number of rotatable bonds is 4. The molecule has 0 saturated carbocycles. The van der Waals surface area contributed by atoms with Crippen molar-refractivity contribution in [2.75, 3.05) is 37.8 Å². The van der Waals surface area contributed by atoms with Crippen LogP contribution < -0.4 is 15.4 Å². The topological polar surface area (TPSA) is 71.7 Å². The first-order chi connectivity index (χ1) is 11.5. The highest BCUT2D eigenvalue weighted by atomic mass is 16.5. The van der Waals surface area contributed by atoms with E-state index in [1.807, 2.05) is 43.3 Å². The van der Waals surface area contributed by atoms with E-state index in [0.29, 0.717) is 23.7 Å². The number of carbonyl (C=O) groups excluding carboxylic acids is 1. The number of hydrogen-bond acceptors (Lipinski definition) is 5. The Kier molecular flexibility index (Phi) is 4.48. The van der Waals surface area contributed by atoms with E-state index >= 15 is 0 Å². The van der Waals surface area contributed by atoms with Crippen LogP contribution in [0.15, 0.2) is 48.4 Å². The van der Waals surface area contributed by atoms with Gasteiger partial charge in [-0.25, -0.2) is 0 Å². The number of nitrogens with zero attached hydrogens (tertiary/aromatic N) is 3. The molecule has 6 heteroatoms. The fraction of sp³-hybridized carbons (Fsp3) is 0.222. The second-order valence-corrected chi connectivity index (χ2v) is 5.85. The van der Waals surface area contributed by atoms with E-state index in [9.17, 15) is 4.79 Å². The molecule has 1 aromatic carbocycles. The Labute approximate surface area is 141 Å². The molecule has 124 valence electrons. The number of anilines is 2. The molecule has 1 amide bonds. The maximum absolute atomic E-state index is 12.8. The van der Waals surface area contributed by atoms with Gasteiger partial charge in [0.25, 0.3) is 5.91 Å². The van der Waals surface area contributed by atoms with Gasteiger partial charge in [0.15, 0.2) is 11.5 Å². The van der Waals surface area contributed by atoms with Crippen LogP contribution in [0.2, 0.25) is 0 Å². The van der Waals surface area contributed by atoms with Crippen molar-refractivity contribution in [3.05, 3.63) is 54.0 Å². The second kappa shape index (κ2) is 6.72. The van der Waals surface area contributed by atoms with Gasteiger partial charge in [-0.15, -0.1) is 0 Å². The maximum Gasteiger partial charge on any atom is 0.294 e. The molecular formula is C18H20N4O2. The summed E-state index contributed by atoms with van der Waals surface area (Å²) in [7, 11) is 3.94. The number of likely N-dealkylation sites (N-methyl/N-ethyl adjacent to an activating group) is 1. The monoisotopic (exact) mass is 324 g/mol. The van der Waals surface area contributed by atoms with Gasteiger partial charge in [-0.1, -0.05) is 6.07 Å². The minimum atomic E-state index is -0.181. The zero-order valence-electron chi connectivity index (χ0n) is 13.8. The molecule has 0 atom stereocenters. The minimum Gasteiger partial charge on any atom is -0.449 e. The molecule has 0 saturated heterocycles. The molecule has 0 radical (unpaired) electrons. The lowest BCUT2D eigenvalue weighted by Crippen LogP contribution is -2.41. The number of hydrogen-bond donors (Lipinski definition) is 1. The van der Waals surface area contributed by atoms with Crippen LogP contribution in [0.4, 0.5) is 11.4 Å². The number of nitrogens with two attached hydrogens (primary N) is 1. The van der Waals surface area contributed by atoms with Crippen molar-refractivity contribution in [2.24, 2.45) is 0 Å². The fourth-order valence-electron chi connectivity index (χ4n) is 2.45. The first-order valence-electron chi connectivity index (χ1n) is 7.71. The third-order valence-electron chi connectivity index (χ3n) is 3.69. The summed E-state index contributed by atoms with van der Waals surface area (Å²) >= 11 is 0. The number of carbonyl (C=O) groups is 1. The largest absolute Gasteiger partial charge is 0.449 e. The van der Waals surface area contributed by atoms with Crippen molar-refractivity contribution in [1.82, 2.24) is 9.88 Å². The van der Waals surface area contributed by atoms with Crippen LogP contribution in [0.25, 0.3) is 6.08 Å². The number of amides is 1. The van der Waals surface area contributed by atoms with Crippen LogP contribution >= 0.6 is 0 Å². The summed E-state index contributed by atoms with van der Waals surface area (Å²) in [4.78, 5) is 20.8. The molecule has 1 aliphatic heterocycles. The Morgan fingerprint density at radius 3 is 2.83 bits per heavy atom. The van der Waals surface area contributed by atoms with Crippen LogP contribution in [-0.2, 0) is 4.79 Å². The third-order valence-corrected chi connectivity index (χ3v) is 3.69. The van der Waals surface area contributed by atoms with Gasteiger partial charge in [0.2, 0.25) is 0 Å². The molecule has 1 aliphatic rings. The minimum absolute atomic E-state index is 0.181. The molecular weight excluding hydrogens is 304 g/mol. The molecule has 2 heterocycles. The van der Waals surface area contributed by atoms with E-state index in [-0.39, 0.29) is 11.7 Å². The molecule has 6 nitrogen and oxygen atoms in total. The normalized spacial score (nSPS) is 15.5. The smallest absolute Gasteiger partial charge is 0.294 e. The maximum atomic E-state index is 12.8. The fourth-order valence-corrected chi connectivity index (χ4v) is 2.45. The SMILES string of the molecule is CN(C)CCN1C(=O)/C(=C\c2ccccn2)Oc2cc(N)ccc21. The van der Waals surface area contributed by atoms with Crippen LogP contribution in [-0.4, -0.2) is 43.0 Å². The predicted molar refractivity (Wildman–Crippen MR) is 94.6 cm³/mol. The van der Waals surface area contributed by atoms with Crippen LogP contribution in [0.1, 0.15) is 5.69 Å². The number of benzene rings is 1. The Morgan fingerprint density at radius 2 is 2.12 bits per heavy atom. The molecule has 2 N–H and O–H groups in total. The lowest BCUT2D eigenvalue weighted by atomic mass is 10.1. The van der Waals surface area contributed by atoms with Crippen molar-refractivity contribution in [3.63, 3.8) is 0 Å². The molecule has 0 aliphatic carbocycles. The van der Waals surface area contributed by atoms with E-state index in [0.717, 1.165) is 12.2 Å². The Hall–Kier alpha value is -2.86. The van der Waals surface area contributed by atoms with Crippen LogP contribution in [0, 0.1) is 0 Å². The lowest BCUT2D eigenvalue weighted by molar-refractivity contribution is -0.117. The summed E-state index contributed by atoms with van der Waals surface area (Å²) < 4.78 is 5.80. The van der Waals surface area contributed by atoms with Crippen molar-refractivity contribution in [2.45, 2.75) is 0 Å². The van der Waals surface area contributed by atoms with E-state index < -0.39 is 0 Å². The molecule has 0 spiro atoms. The molecule has 0 fully saturated rings. The molecule has 0 bridgehead atoms. The molecule has 3 rings (SSSR count). The highest BCUT2D eigenvalue weighted by Crippen LogP contribution is 2.37. The Morgan fingerprint density at radius 1 is 1.29 bits per heavy atom. The van der Waals surface area contributed by atoms with Crippen LogP contribution in [0.5, 0.6) is 5.75 Å². The van der Waals surface area contributed by atoms with Crippen molar-refractivity contribution in [1.29, 1.82) is 0 Å². The summed E-state index contributed by atoms with van der Waals surface area (Å²) in [6.07, 6.45) is 3.33. The summed E-state index contributed by atoms with van der Waals surface area (Å²) in [5.41, 5.74) is 7.85. The number of aromatic nitrogens is 1. The van der Waals surface area contributed by atoms with Gasteiger partial charge < -0.3 is 20.3 Å². The van der Waals surface area contributed by atoms with Crippen LogP contribution in [0.3, 0.4) is 0 Å². The number of pyridine rings is 1.